The van der Waals surface area contributed by atoms with Crippen LogP contribution in [0.15, 0.2) is 0 Å². The summed E-state index contributed by atoms with van der Waals surface area (Å²) in [5, 5.41) is 12.1. The summed E-state index contributed by atoms with van der Waals surface area (Å²) in [5.74, 6) is 0.827. The number of nitrogens with one attached hydrogen (secondary N) is 1. The van der Waals surface area contributed by atoms with Crippen molar-refractivity contribution in [2.45, 2.75) is 44.2 Å². The molecule has 0 amide bonds. The molecule has 12 heavy (non-hydrogen) atoms. The van der Waals surface area contributed by atoms with Crippen LogP contribution < -0.4 is 5.32 Å². The molecule has 1 N–H and O–H groups in total. The monoisotopic (exact) mass is 163 g/mol. The molecule has 2 atom stereocenters. The Morgan fingerprint density at radius 3 is 2.67 bits per heavy atom. The highest BCUT2D eigenvalue weighted by Crippen LogP contribution is 2.50. The maximum atomic E-state index is 8.67. The second kappa shape index (κ2) is 2.74. The molecule has 2 nitrogen and oxygen atoms in total. The van der Waals surface area contributed by atoms with E-state index in [4.69, 9.17) is 5.26 Å². The van der Waals surface area contributed by atoms with Gasteiger partial charge in [0.05, 0.1) is 12.1 Å². The third-order valence-corrected chi connectivity index (χ3v) is 3.16. The van der Waals surface area contributed by atoms with E-state index in [1.165, 1.54) is 25.7 Å². The molecule has 2 unspecified atom stereocenters. The Balaban J connectivity index is 1.89. The van der Waals surface area contributed by atoms with Crippen molar-refractivity contribution in [1.29, 1.82) is 5.26 Å². The molecule has 0 aliphatic heterocycles. The molecule has 2 aliphatic carbocycles. The molecular weight excluding hydrogens is 148 g/mol. The fourth-order valence-electron chi connectivity index (χ4n) is 2.04. The molecule has 0 aromatic carbocycles. The van der Waals surface area contributed by atoms with Crippen LogP contribution in [0.2, 0.25) is 0 Å². The molecule has 65 valence electrons. The van der Waals surface area contributed by atoms with E-state index in [2.05, 4.69) is 17.8 Å². The van der Waals surface area contributed by atoms with Gasteiger partial charge in [0.2, 0.25) is 0 Å². The molecule has 0 heterocycles. The number of nitrogens with zero attached hydrogens (tertiary/aromatic N) is 1. The Bertz CT molecular complexity index is 208. The van der Waals surface area contributed by atoms with Crippen LogP contribution in [0.1, 0.15) is 32.6 Å². The zero-order valence-electron chi connectivity index (χ0n) is 7.51. The van der Waals surface area contributed by atoms with Crippen LogP contribution >= 0.6 is 0 Å². The average molecular weight is 163 g/mol. The van der Waals surface area contributed by atoms with Gasteiger partial charge in [-0.05, 0) is 38.5 Å². The maximum Gasteiger partial charge on any atom is 0.0928 e. The first-order valence-corrected chi connectivity index (χ1v) is 4.78. The van der Waals surface area contributed by atoms with Crippen LogP contribution in [0, 0.1) is 23.7 Å². The smallest absolute Gasteiger partial charge is 0.0928 e. The zero-order chi connectivity index (χ0) is 8.60. The molecule has 2 saturated carbocycles. The lowest BCUT2D eigenvalue weighted by atomic mass is 9.77. The summed E-state index contributed by atoms with van der Waals surface area (Å²) in [6.07, 6.45) is 7.57. The molecule has 2 rings (SSSR count). The van der Waals surface area contributed by atoms with Crippen molar-refractivity contribution in [2.24, 2.45) is 5.92 Å². The van der Waals surface area contributed by atoms with E-state index >= 15 is 0 Å². The summed E-state index contributed by atoms with van der Waals surface area (Å²) in [7, 11) is 0. The van der Waals surface area contributed by atoms with E-state index in [0.717, 1.165) is 5.92 Å². The second-order valence-corrected chi connectivity index (χ2v) is 4.07. The number of rotatable bonds is 3. The van der Waals surface area contributed by atoms with Gasteiger partial charge in [0.1, 0.15) is 0 Å². The van der Waals surface area contributed by atoms with Crippen LogP contribution in [0.5, 0.6) is 0 Å². The van der Waals surface area contributed by atoms with E-state index in [0.29, 0.717) is 0 Å². The van der Waals surface area contributed by atoms with Crippen molar-refractivity contribution in [2.75, 3.05) is 0 Å². The van der Waals surface area contributed by atoms with Crippen LogP contribution in [-0.4, -0.2) is 11.6 Å². The summed E-state index contributed by atoms with van der Waals surface area (Å²) in [4.78, 5) is 0. The highest BCUT2D eigenvalue weighted by molar-refractivity contribution is 5.24. The fraction of sp³-hybridized carbons (Fsp3) is 0.800. The van der Waals surface area contributed by atoms with Gasteiger partial charge in [-0.3, -0.25) is 5.32 Å². The van der Waals surface area contributed by atoms with Crippen LogP contribution in [0.25, 0.3) is 0 Å². The van der Waals surface area contributed by atoms with Crippen molar-refractivity contribution >= 4 is 0 Å². The number of nitriles is 1. The second-order valence-electron chi connectivity index (χ2n) is 4.07. The molecule has 2 aliphatic rings. The largest absolute Gasteiger partial charge is 0.296 e. The molecule has 0 aromatic rings. The minimum absolute atomic E-state index is 0.00403. The van der Waals surface area contributed by atoms with E-state index < -0.39 is 0 Å². The minimum Gasteiger partial charge on any atom is -0.296 e. The lowest BCUT2D eigenvalue weighted by Crippen LogP contribution is -2.45. The Hall–Kier alpha value is -0.550. The fourth-order valence-corrected chi connectivity index (χ4v) is 2.04. The predicted octanol–water partition coefficient (Wildman–Crippen LogP) is 1.63. The van der Waals surface area contributed by atoms with E-state index in [-0.39, 0.29) is 11.6 Å². The van der Waals surface area contributed by atoms with Gasteiger partial charge in [-0.15, -0.1) is 0 Å². The summed E-state index contributed by atoms with van der Waals surface area (Å²) >= 11 is 0. The van der Waals surface area contributed by atoms with E-state index in [9.17, 15) is 0 Å². The Morgan fingerprint density at radius 1 is 1.67 bits per heavy atom. The van der Waals surface area contributed by atoms with Gasteiger partial charge in [0.25, 0.3) is 0 Å². The third kappa shape index (κ3) is 1.23. The highest BCUT2D eigenvalue weighted by atomic mass is 15.1. The van der Waals surface area contributed by atoms with E-state index in [1.54, 1.807) is 0 Å². The van der Waals surface area contributed by atoms with Gasteiger partial charge in [-0.2, -0.15) is 5.26 Å². The molecule has 0 aromatic heterocycles. The molecular formula is C10H15N2. The van der Waals surface area contributed by atoms with Crippen LogP contribution in [0.4, 0.5) is 0 Å². The Labute approximate surface area is 74.0 Å². The first kappa shape index (κ1) is 8.07. The summed E-state index contributed by atoms with van der Waals surface area (Å²) in [6, 6.07) is 2.24. The summed E-state index contributed by atoms with van der Waals surface area (Å²) in [5.41, 5.74) is 0.271. The molecule has 0 bridgehead atoms. The maximum absolute atomic E-state index is 8.67. The van der Waals surface area contributed by atoms with Gasteiger partial charge < -0.3 is 0 Å². The Morgan fingerprint density at radius 2 is 2.33 bits per heavy atom. The standard InChI is InChI=1S/C10H15N2/c1-8(7-11)12-10(5-6-10)9-3-2-4-9/h5,8-9,12H,2-4,6H2,1H3. The van der Waals surface area contributed by atoms with Crippen LogP contribution in [-0.2, 0) is 0 Å². The quantitative estimate of drug-likeness (QED) is 0.686. The lowest BCUT2D eigenvalue weighted by molar-refractivity contribution is 0.216. The van der Waals surface area contributed by atoms with Gasteiger partial charge in [0, 0.05) is 5.54 Å². The molecule has 0 saturated heterocycles. The van der Waals surface area contributed by atoms with Crippen molar-refractivity contribution in [1.82, 2.24) is 5.32 Å². The average Bonchev–Trinajstić information content (AvgIpc) is 2.65. The molecule has 2 heteroatoms. The summed E-state index contributed by atoms with van der Waals surface area (Å²) < 4.78 is 0. The van der Waals surface area contributed by atoms with Gasteiger partial charge in [-0.1, -0.05) is 6.42 Å². The van der Waals surface area contributed by atoms with Crippen molar-refractivity contribution < 1.29 is 0 Å². The first-order chi connectivity index (χ1) is 5.77. The number of hydrogen-bond donors (Lipinski definition) is 1. The summed E-state index contributed by atoms with van der Waals surface area (Å²) in [6.45, 7) is 1.94. The third-order valence-electron chi connectivity index (χ3n) is 3.16. The molecule has 2 fully saturated rings. The zero-order valence-corrected chi connectivity index (χ0v) is 7.51. The topological polar surface area (TPSA) is 35.8 Å². The van der Waals surface area contributed by atoms with Gasteiger partial charge >= 0.3 is 0 Å². The lowest BCUT2D eigenvalue weighted by Gasteiger charge is -2.35. The van der Waals surface area contributed by atoms with E-state index in [1.807, 2.05) is 6.92 Å². The van der Waals surface area contributed by atoms with Crippen LogP contribution in [0.3, 0.4) is 0 Å². The van der Waals surface area contributed by atoms with Crippen molar-refractivity contribution in [3.8, 4) is 6.07 Å². The first-order valence-electron chi connectivity index (χ1n) is 4.78. The SMILES string of the molecule is CC(C#N)NC1(C2CCC2)[CH]C1. The Kier molecular flexibility index (Phi) is 1.84. The van der Waals surface area contributed by atoms with Crippen molar-refractivity contribution in [3.63, 3.8) is 0 Å². The molecule has 1 radical (unpaired) electrons. The number of hydrogen-bond acceptors (Lipinski definition) is 2. The predicted molar refractivity (Wildman–Crippen MR) is 47.2 cm³/mol. The minimum atomic E-state index is 0.00403. The van der Waals surface area contributed by atoms with Crippen molar-refractivity contribution in [3.05, 3.63) is 6.42 Å². The normalized spacial score (nSPS) is 28.7. The van der Waals surface area contributed by atoms with Gasteiger partial charge in [0.15, 0.2) is 0 Å². The van der Waals surface area contributed by atoms with Gasteiger partial charge in [-0.25, -0.2) is 0 Å². The molecule has 0 spiro atoms. The highest BCUT2D eigenvalue weighted by Gasteiger charge is 2.51.